The molecule has 3 heteroatoms. The van der Waals surface area contributed by atoms with E-state index in [4.69, 9.17) is 16.7 Å². The van der Waals surface area contributed by atoms with Gasteiger partial charge >= 0.3 is 0 Å². The van der Waals surface area contributed by atoms with E-state index in [1.54, 1.807) is 0 Å². The first-order valence-electron chi connectivity index (χ1n) is 5.30. The molecule has 2 nitrogen and oxygen atoms in total. The maximum atomic E-state index is 9.10. The number of hydrogen-bond acceptors (Lipinski definition) is 2. The monoisotopic (exact) mass is 227 g/mol. The Kier molecular flexibility index (Phi) is 5.09. The van der Waals surface area contributed by atoms with E-state index in [-0.39, 0.29) is 18.7 Å². The van der Waals surface area contributed by atoms with Crippen LogP contribution in [0.3, 0.4) is 0 Å². The molecule has 0 saturated carbocycles. The predicted octanol–water partition coefficient (Wildman–Crippen LogP) is 2.76. The van der Waals surface area contributed by atoms with Crippen molar-refractivity contribution in [1.29, 1.82) is 0 Å². The van der Waals surface area contributed by atoms with Crippen molar-refractivity contribution in [3.05, 3.63) is 34.9 Å². The maximum absolute atomic E-state index is 9.10. The van der Waals surface area contributed by atoms with E-state index in [0.717, 1.165) is 17.0 Å². The molecule has 0 aliphatic heterocycles. The fraction of sp³-hybridized carbons (Fsp3) is 0.500. The van der Waals surface area contributed by atoms with Crippen LogP contribution < -0.4 is 5.32 Å². The van der Waals surface area contributed by atoms with Gasteiger partial charge in [0.15, 0.2) is 0 Å². The second-order valence-electron chi connectivity index (χ2n) is 3.70. The van der Waals surface area contributed by atoms with Crippen LogP contribution in [0.4, 0.5) is 0 Å². The summed E-state index contributed by atoms with van der Waals surface area (Å²) in [5.74, 6) is 0. The molecule has 1 aromatic carbocycles. The fourth-order valence-electron chi connectivity index (χ4n) is 1.57. The molecule has 15 heavy (non-hydrogen) atoms. The molecule has 0 aromatic heterocycles. The van der Waals surface area contributed by atoms with Crippen LogP contribution in [0.25, 0.3) is 0 Å². The highest BCUT2D eigenvalue weighted by Crippen LogP contribution is 2.22. The molecule has 0 bridgehead atoms. The van der Waals surface area contributed by atoms with Gasteiger partial charge in [0.25, 0.3) is 0 Å². The molecule has 0 amide bonds. The summed E-state index contributed by atoms with van der Waals surface area (Å²) in [7, 11) is 0. The summed E-state index contributed by atoms with van der Waals surface area (Å²) >= 11 is 6.09. The van der Waals surface area contributed by atoms with Crippen molar-refractivity contribution in [2.45, 2.75) is 32.4 Å². The lowest BCUT2D eigenvalue weighted by Gasteiger charge is -2.21. The number of rotatable bonds is 5. The van der Waals surface area contributed by atoms with Crippen molar-refractivity contribution >= 4 is 11.6 Å². The summed E-state index contributed by atoms with van der Waals surface area (Å²) in [5.41, 5.74) is 1.08. The van der Waals surface area contributed by atoms with Gasteiger partial charge in [0.1, 0.15) is 0 Å². The fourth-order valence-corrected chi connectivity index (χ4v) is 1.87. The normalized spacial score (nSPS) is 14.9. The highest BCUT2D eigenvalue weighted by Gasteiger charge is 2.12. The number of aliphatic hydroxyl groups is 1. The molecule has 1 aromatic rings. The van der Waals surface area contributed by atoms with Crippen molar-refractivity contribution in [3.63, 3.8) is 0 Å². The number of nitrogens with one attached hydrogen (secondary N) is 1. The van der Waals surface area contributed by atoms with Gasteiger partial charge in [-0.2, -0.15) is 0 Å². The molecular weight excluding hydrogens is 210 g/mol. The van der Waals surface area contributed by atoms with E-state index in [1.165, 1.54) is 0 Å². The van der Waals surface area contributed by atoms with Crippen molar-refractivity contribution in [3.8, 4) is 0 Å². The maximum Gasteiger partial charge on any atom is 0.0584 e. The van der Waals surface area contributed by atoms with Gasteiger partial charge in [-0.15, -0.1) is 0 Å². The second kappa shape index (κ2) is 6.11. The Hall–Kier alpha value is -0.570. The van der Waals surface area contributed by atoms with Crippen LogP contribution in [-0.4, -0.2) is 17.8 Å². The molecule has 0 radical (unpaired) electrons. The van der Waals surface area contributed by atoms with Crippen LogP contribution in [0, 0.1) is 0 Å². The molecule has 0 fully saturated rings. The van der Waals surface area contributed by atoms with Gasteiger partial charge in [0.05, 0.1) is 6.61 Å². The highest BCUT2D eigenvalue weighted by molar-refractivity contribution is 6.31. The van der Waals surface area contributed by atoms with Crippen LogP contribution in [0.2, 0.25) is 5.02 Å². The minimum absolute atomic E-state index is 0.135. The molecule has 0 heterocycles. The zero-order valence-electron chi connectivity index (χ0n) is 9.20. The van der Waals surface area contributed by atoms with E-state index in [1.807, 2.05) is 31.2 Å². The number of benzene rings is 1. The van der Waals surface area contributed by atoms with Crippen molar-refractivity contribution in [2.75, 3.05) is 6.61 Å². The summed E-state index contributed by atoms with van der Waals surface area (Å²) < 4.78 is 0. The molecule has 84 valence electrons. The van der Waals surface area contributed by atoms with Gasteiger partial charge in [-0.05, 0) is 25.0 Å². The van der Waals surface area contributed by atoms with Gasteiger partial charge in [0.2, 0.25) is 0 Å². The summed E-state index contributed by atoms with van der Waals surface area (Å²) in [6, 6.07) is 8.08. The SMILES string of the molecule is CC[C@H](CO)N[C@H](C)c1ccccc1Cl. The van der Waals surface area contributed by atoms with Gasteiger partial charge < -0.3 is 10.4 Å². The van der Waals surface area contributed by atoms with E-state index in [0.29, 0.717) is 0 Å². The zero-order chi connectivity index (χ0) is 11.3. The Bertz CT molecular complexity index is 299. The molecule has 2 atom stereocenters. The first-order chi connectivity index (χ1) is 7.19. The molecular formula is C12H18ClNO. The molecule has 0 spiro atoms. The van der Waals surface area contributed by atoms with Crippen LogP contribution in [0.1, 0.15) is 31.9 Å². The largest absolute Gasteiger partial charge is 0.395 e. The van der Waals surface area contributed by atoms with Crippen molar-refractivity contribution in [2.24, 2.45) is 0 Å². The minimum atomic E-state index is 0.135. The number of halogens is 1. The summed E-state index contributed by atoms with van der Waals surface area (Å²) in [6.07, 6.45) is 0.908. The number of hydrogen-bond donors (Lipinski definition) is 2. The summed E-state index contributed by atoms with van der Waals surface area (Å²) in [6.45, 7) is 4.26. The molecule has 2 N–H and O–H groups in total. The number of aliphatic hydroxyl groups excluding tert-OH is 1. The first-order valence-corrected chi connectivity index (χ1v) is 5.68. The van der Waals surface area contributed by atoms with Gasteiger partial charge in [-0.3, -0.25) is 0 Å². The molecule has 0 aliphatic rings. The van der Waals surface area contributed by atoms with Crippen molar-refractivity contribution in [1.82, 2.24) is 5.32 Å². The highest BCUT2D eigenvalue weighted by atomic mass is 35.5. The summed E-state index contributed by atoms with van der Waals surface area (Å²) in [5, 5.41) is 13.2. The van der Waals surface area contributed by atoms with Crippen LogP contribution in [0.15, 0.2) is 24.3 Å². The third-order valence-corrected chi connectivity index (χ3v) is 2.91. The van der Waals surface area contributed by atoms with Crippen LogP contribution in [0.5, 0.6) is 0 Å². The second-order valence-corrected chi connectivity index (χ2v) is 4.10. The Morgan fingerprint density at radius 2 is 2.07 bits per heavy atom. The van der Waals surface area contributed by atoms with E-state index in [9.17, 15) is 0 Å². The molecule has 0 saturated heterocycles. The standard InChI is InChI=1S/C12H18ClNO/c1-3-10(8-15)14-9(2)11-6-4-5-7-12(11)13/h4-7,9-10,14-15H,3,8H2,1-2H3/t9-,10-/m1/s1. The topological polar surface area (TPSA) is 32.3 Å². The Balaban J connectivity index is 2.68. The third-order valence-electron chi connectivity index (χ3n) is 2.57. The molecule has 1 rings (SSSR count). The Labute approximate surface area is 96.3 Å². The average molecular weight is 228 g/mol. The molecule has 0 unspecified atom stereocenters. The van der Waals surface area contributed by atoms with E-state index in [2.05, 4.69) is 12.2 Å². The lowest BCUT2D eigenvalue weighted by Crippen LogP contribution is -2.34. The average Bonchev–Trinajstić information content (AvgIpc) is 2.26. The minimum Gasteiger partial charge on any atom is -0.395 e. The smallest absolute Gasteiger partial charge is 0.0584 e. The molecule has 0 aliphatic carbocycles. The van der Waals surface area contributed by atoms with Crippen LogP contribution in [-0.2, 0) is 0 Å². The first kappa shape index (κ1) is 12.5. The van der Waals surface area contributed by atoms with Gasteiger partial charge in [0, 0.05) is 17.1 Å². The lowest BCUT2D eigenvalue weighted by atomic mass is 10.1. The predicted molar refractivity (Wildman–Crippen MR) is 64.2 cm³/mol. The third kappa shape index (κ3) is 3.49. The Morgan fingerprint density at radius 1 is 1.40 bits per heavy atom. The quantitative estimate of drug-likeness (QED) is 0.811. The lowest BCUT2D eigenvalue weighted by molar-refractivity contribution is 0.230. The Morgan fingerprint density at radius 3 is 2.60 bits per heavy atom. The summed E-state index contributed by atoms with van der Waals surface area (Å²) in [4.78, 5) is 0. The van der Waals surface area contributed by atoms with Gasteiger partial charge in [-0.25, -0.2) is 0 Å². The van der Waals surface area contributed by atoms with E-state index >= 15 is 0 Å². The van der Waals surface area contributed by atoms with Crippen LogP contribution >= 0.6 is 11.6 Å². The van der Waals surface area contributed by atoms with Gasteiger partial charge in [-0.1, -0.05) is 36.7 Å². The zero-order valence-corrected chi connectivity index (χ0v) is 9.96. The van der Waals surface area contributed by atoms with Crippen molar-refractivity contribution < 1.29 is 5.11 Å². The van der Waals surface area contributed by atoms with E-state index < -0.39 is 0 Å².